The first kappa shape index (κ1) is 22.7. The van der Waals surface area contributed by atoms with Crippen molar-refractivity contribution in [1.29, 1.82) is 0 Å². The molecular formula is C27H30ClN. The number of hydrogen-bond donors (Lipinski definition) is 0. The number of halogens is 1. The molecule has 0 aliphatic heterocycles. The van der Waals surface area contributed by atoms with Gasteiger partial charge in [0.1, 0.15) is 0 Å². The normalized spacial score (nSPS) is 10.6. The Morgan fingerprint density at radius 1 is 0.586 bits per heavy atom. The molecule has 2 heteroatoms. The Balaban J connectivity index is 0.00000300. The predicted octanol–water partition coefficient (Wildman–Crippen LogP) is 3.64. The molecule has 0 spiro atoms. The summed E-state index contributed by atoms with van der Waals surface area (Å²) in [5.74, 6) is 0. The summed E-state index contributed by atoms with van der Waals surface area (Å²) in [6.07, 6.45) is 0. The lowest BCUT2D eigenvalue weighted by Crippen LogP contribution is -3.00. The molecule has 3 aromatic carbocycles. The number of hydrogen-bond acceptors (Lipinski definition) is 0. The van der Waals surface area contributed by atoms with Crippen LogP contribution in [0.15, 0.2) is 96.7 Å². The van der Waals surface area contributed by atoms with E-state index in [9.17, 15) is 0 Å². The van der Waals surface area contributed by atoms with Gasteiger partial charge in [-0.25, -0.2) is 0 Å². The smallest absolute Gasteiger partial charge is 0.184 e. The fourth-order valence-electron chi connectivity index (χ4n) is 3.84. The van der Waals surface area contributed by atoms with Gasteiger partial charge in [0.2, 0.25) is 0 Å². The van der Waals surface area contributed by atoms with E-state index in [-0.39, 0.29) is 12.4 Å². The van der Waals surface area contributed by atoms with E-state index in [4.69, 9.17) is 0 Å². The Morgan fingerprint density at radius 3 is 1.28 bits per heavy atom. The Kier molecular flexibility index (Phi) is 8.49. The first-order valence-electron chi connectivity index (χ1n) is 10.3. The van der Waals surface area contributed by atoms with Crippen molar-refractivity contribution in [2.24, 2.45) is 0 Å². The summed E-state index contributed by atoms with van der Waals surface area (Å²) in [6.45, 7) is 9.97. The molecule has 0 saturated carbocycles. The zero-order chi connectivity index (χ0) is 19.8. The van der Waals surface area contributed by atoms with E-state index >= 15 is 0 Å². The molecule has 0 bridgehead atoms. The highest BCUT2D eigenvalue weighted by Gasteiger charge is 2.29. The van der Waals surface area contributed by atoms with Gasteiger partial charge in [0.15, 0.2) is 5.70 Å². The molecule has 29 heavy (non-hydrogen) atoms. The minimum atomic E-state index is 0. The molecule has 0 unspecified atom stereocenters. The Bertz CT molecular complexity index is 886. The van der Waals surface area contributed by atoms with Crippen molar-refractivity contribution in [3.63, 3.8) is 0 Å². The van der Waals surface area contributed by atoms with Crippen molar-refractivity contribution in [2.75, 3.05) is 19.6 Å². The van der Waals surface area contributed by atoms with Crippen LogP contribution < -0.4 is 12.4 Å². The minimum Gasteiger partial charge on any atom is -1.00 e. The van der Waals surface area contributed by atoms with Crippen LogP contribution in [0.25, 0.3) is 11.3 Å². The van der Waals surface area contributed by atoms with Crippen LogP contribution in [0, 0.1) is 0 Å². The molecule has 1 nitrogen and oxygen atoms in total. The second-order valence-corrected chi connectivity index (χ2v) is 7.04. The van der Waals surface area contributed by atoms with Gasteiger partial charge in [0.05, 0.1) is 19.6 Å². The van der Waals surface area contributed by atoms with E-state index in [1.807, 2.05) is 0 Å². The molecule has 0 atom stereocenters. The highest BCUT2D eigenvalue weighted by molar-refractivity contribution is 5.82. The predicted molar refractivity (Wildman–Crippen MR) is 121 cm³/mol. The summed E-state index contributed by atoms with van der Waals surface area (Å²) < 4.78 is 0.910. The Morgan fingerprint density at radius 2 is 0.931 bits per heavy atom. The van der Waals surface area contributed by atoms with Gasteiger partial charge in [0, 0.05) is 11.1 Å². The lowest BCUT2D eigenvalue weighted by Gasteiger charge is -2.36. The van der Waals surface area contributed by atoms with Crippen LogP contribution in [0.4, 0.5) is 0 Å². The highest BCUT2D eigenvalue weighted by atomic mass is 35.5. The molecule has 0 fully saturated rings. The third kappa shape index (κ3) is 5.08. The summed E-state index contributed by atoms with van der Waals surface area (Å²) in [4.78, 5) is 0. The lowest BCUT2D eigenvalue weighted by atomic mass is 9.97. The number of quaternary nitrogens is 1. The number of nitrogens with zero attached hydrogens (tertiary/aromatic N) is 1. The topological polar surface area (TPSA) is 0 Å². The fourth-order valence-corrected chi connectivity index (χ4v) is 3.84. The lowest BCUT2D eigenvalue weighted by molar-refractivity contribution is -0.854. The summed E-state index contributed by atoms with van der Waals surface area (Å²) >= 11 is 0. The molecule has 0 radical (unpaired) electrons. The van der Waals surface area contributed by atoms with Gasteiger partial charge in [-0.05, 0) is 49.8 Å². The molecule has 3 rings (SSSR count). The van der Waals surface area contributed by atoms with Crippen molar-refractivity contribution in [3.8, 4) is 0 Å². The standard InChI is InChI=1S/C27H30N.ClH/c1-4-28(5-2,6-3)27(25-20-14-9-15-21-25)22-26(23-16-10-7-11-17-23)24-18-12-8-13-19-24;/h7-21H,4-6H2,1-3H3;1H/q+1;/p-1. The van der Waals surface area contributed by atoms with Crippen molar-refractivity contribution in [1.82, 2.24) is 0 Å². The molecule has 0 aliphatic rings. The largest absolute Gasteiger partial charge is 1.00 e. The van der Waals surface area contributed by atoms with Crippen molar-refractivity contribution < 1.29 is 16.9 Å². The second kappa shape index (κ2) is 10.8. The SMILES string of the molecule is CC[N+](CC)(CC)C(=C=C(c1ccccc1)c1ccccc1)c1ccccc1.[Cl-]. The van der Waals surface area contributed by atoms with Crippen LogP contribution in [-0.2, 0) is 0 Å². The van der Waals surface area contributed by atoms with Crippen LogP contribution in [-0.4, -0.2) is 24.1 Å². The fraction of sp³-hybridized carbons (Fsp3) is 0.222. The molecule has 0 heterocycles. The van der Waals surface area contributed by atoms with Crippen LogP contribution >= 0.6 is 0 Å². The van der Waals surface area contributed by atoms with Crippen molar-refractivity contribution in [2.45, 2.75) is 20.8 Å². The average molecular weight is 404 g/mol. The first-order chi connectivity index (χ1) is 13.7. The van der Waals surface area contributed by atoms with Gasteiger partial charge < -0.3 is 12.4 Å². The van der Waals surface area contributed by atoms with E-state index in [0.717, 1.165) is 29.7 Å². The molecule has 0 amide bonds. The Hall–Kier alpha value is -2.57. The van der Waals surface area contributed by atoms with Gasteiger partial charge in [-0.2, -0.15) is 0 Å². The summed E-state index contributed by atoms with van der Waals surface area (Å²) in [5.41, 5.74) is 9.96. The first-order valence-corrected chi connectivity index (χ1v) is 10.3. The van der Waals surface area contributed by atoms with Gasteiger partial charge in [-0.3, -0.25) is 4.48 Å². The maximum absolute atomic E-state index is 3.90. The quantitative estimate of drug-likeness (QED) is 0.417. The zero-order valence-electron chi connectivity index (χ0n) is 17.6. The van der Waals surface area contributed by atoms with E-state index in [1.165, 1.54) is 22.4 Å². The third-order valence-electron chi connectivity index (χ3n) is 5.71. The average Bonchev–Trinajstić information content (AvgIpc) is 2.79. The minimum absolute atomic E-state index is 0. The van der Waals surface area contributed by atoms with Gasteiger partial charge in [0.25, 0.3) is 0 Å². The third-order valence-corrected chi connectivity index (χ3v) is 5.71. The van der Waals surface area contributed by atoms with Crippen LogP contribution in [0.3, 0.4) is 0 Å². The van der Waals surface area contributed by atoms with Crippen LogP contribution in [0.2, 0.25) is 0 Å². The summed E-state index contributed by atoms with van der Waals surface area (Å²) in [5, 5.41) is 0. The maximum atomic E-state index is 3.90. The van der Waals surface area contributed by atoms with Gasteiger partial charge >= 0.3 is 0 Å². The van der Waals surface area contributed by atoms with E-state index in [2.05, 4.69) is 117 Å². The van der Waals surface area contributed by atoms with Crippen molar-refractivity contribution in [3.05, 3.63) is 113 Å². The van der Waals surface area contributed by atoms with E-state index in [0.29, 0.717) is 0 Å². The zero-order valence-corrected chi connectivity index (χ0v) is 18.4. The molecule has 0 aliphatic carbocycles. The second-order valence-electron chi connectivity index (χ2n) is 7.04. The highest BCUT2D eigenvalue weighted by Crippen LogP contribution is 2.30. The maximum Gasteiger partial charge on any atom is 0.184 e. The Labute approximate surface area is 182 Å². The van der Waals surface area contributed by atoms with E-state index < -0.39 is 0 Å². The monoisotopic (exact) mass is 403 g/mol. The van der Waals surface area contributed by atoms with Gasteiger partial charge in [-0.15, -0.1) is 0 Å². The number of rotatable bonds is 7. The molecule has 0 N–H and O–H groups in total. The van der Waals surface area contributed by atoms with E-state index in [1.54, 1.807) is 0 Å². The molecule has 0 aromatic heterocycles. The van der Waals surface area contributed by atoms with Crippen LogP contribution in [0.5, 0.6) is 0 Å². The number of benzene rings is 3. The van der Waals surface area contributed by atoms with Crippen molar-refractivity contribution >= 4 is 11.3 Å². The summed E-state index contributed by atoms with van der Waals surface area (Å²) in [6, 6.07) is 32.0. The molecule has 150 valence electrons. The molecule has 3 aromatic rings. The molecular weight excluding hydrogens is 374 g/mol. The summed E-state index contributed by atoms with van der Waals surface area (Å²) in [7, 11) is 0. The molecule has 0 saturated heterocycles. The van der Waals surface area contributed by atoms with Crippen LogP contribution in [0.1, 0.15) is 37.5 Å². The van der Waals surface area contributed by atoms with Gasteiger partial charge in [-0.1, -0.05) is 78.9 Å².